The summed E-state index contributed by atoms with van der Waals surface area (Å²) in [6.07, 6.45) is 1.63. The van der Waals surface area contributed by atoms with E-state index < -0.39 is 0 Å². The number of nitrogens with zero attached hydrogens (tertiary/aromatic N) is 1. The van der Waals surface area contributed by atoms with Crippen LogP contribution in [0.25, 0.3) is 0 Å². The molecule has 2 aromatic rings. The van der Waals surface area contributed by atoms with Gasteiger partial charge in [-0.2, -0.15) is 0 Å². The Bertz CT molecular complexity index is 537. The second kappa shape index (κ2) is 6.50. The molecule has 2 rings (SSSR count). The van der Waals surface area contributed by atoms with E-state index in [2.05, 4.69) is 23.3 Å². The van der Waals surface area contributed by atoms with Crippen molar-refractivity contribution < 1.29 is 4.74 Å². The van der Waals surface area contributed by atoms with Crippen LogP contribution in [-0.2, 0) is 0 Å². The van der Waals surface area contributed by atoms with Crippen LogP contribution in [0, 0.1) is 6.92 Å². The molecule has 106 valence electrons. The largest absolute Gasteiger partial charge is 0.497 e. The van der Waals surface area contributed by atoms with Crippen LogP contribution in [0.1, 0.15) is 36.0 Å². The van der Waals surface area contributed by atoms with Crippen molar-refractivity contribution in [1.29, 1.82) is 0 Å². The molecule has 0 radical (unpaired) electrons. The Balaban J connectivity index is 2.02. The second-order valence-electron chi connectivity index (χ2n) is 4.90. The van der Waals surface area contributed by atoms with Crippen LogP contribution >= 0.6 is 0 Å². The first-order valence-corrected chi connectivity index (χ1v) is 6.68. The SMILES string of the molecule is COc1ccc([C@H](N)N[C@@H](C)c2ccc(C)cn2)cc1. The number of ether oxygens (including phenoxy) is 1. The Morgan fingerprint density at radius 3 is 2.40 bits per heavy atom. The molecule has 0 saturated heterocycles. The Morgan fingerprint density at radius 2 is 1.85 bits per heavy atom. The highest BCUT2D eigenvalue weighted by Gasteiger charge is 2.12. The zero-order valence-electron chi connectivity index (χ0n) is 12.1. The van der Waals surface area contributed by atoms with Crippen molar-refractivity contribution in [3.63, 3.8) is 0 Å². The van der Waals surface area contributed by atoms with Gasteiger partial charge in [0, 0.05) is 12.2 Å². The van der Waals surface area contributed by atoms with Crippen LogP contribution in [0.4, 0.5) is 0 Å². The van der Waals surface area contributed by atoms with E-state index in [4.69, 9.17) is 10.5 Å². The van der Waals surface area contributed by atoms with E-state index >= 15 is 0 Å². The van der Waals surface area contributed by atoms with Gasteiger partial charge in [-0.05, 0) is 43.2 Å². The molecule has 0 spiro atoms. The zero-order chi connectivity index (χ0) is 14.5. The average Bonchev–Trinajstić information content (AvgIpc) is 2.48. The first-order chi connectivity index (χ1) is 9.60. The number of pyridine rings is 1. The lowest BCUT2D eigenvalue weighted by Crippen LogP contribution is -2.31. The number of aromatic nitrogens is 1. The van der Waals surface area contributed by atoms with Crippen molar-refractivity contribution >= 4 is 0 Å². The molecule has 0 fully saturated rings. The Hall–Kier alpha value is -1.91. The fourth-order valence-electron chi connectivity index (χ4n) is 2.00. The van der Waals surface area contributed by atoms with E-state index in [0.717, 1.165) is 22.6 Å². The van der Waals surface area contributed by atoms with E-state index in [0.29, 0.717) is 0 Å². The third kappa shape index (κ3) is 3.56. The molecule has 4 nitrogen and oxygen atoms in total. The molecule has 1 aromatic carbocycles. The highest BCUT2D eigenvalue weighted by atomic mass is 16.5. The second-order valence-corrected chi connectivity index (χ2v) is 4.90. The number of nitrogens with two attached hydrogens (primary N) is 1. The molecule has 0 aliphatic rings. The van der Waals surface area contributed by atoms with Gasteiger partial charge in [-0.1, -0.05) is 18.2 Å². The Kier molecular flexibility index (Phi) is 4.71. The fraction of sp³-hybridized carbons (Fsp3) is 0.312. The van der Waals surface area contributed by atoms with E-state index in [-0.39, 0.29) is 12.2 Å². The first kappa shape index (κ1) is 14.5. The van der Waals surface area contributed by atoms with Crippen LogP contribution in [0.15, 0.2) is 42.6 Å². The topological polar surface area (TPSA) is 60.2 Å². The van der Waals surface area contributed by atoms with Gasteiger partial charge in [0.05, 0.1) is 19.0 Å². The summed E-state index contributed by atoms with van der Waals surface area (Å²) in [6, 6.07) is 11.9. The normalized spacial score (nSPS) is 13.8. The highest BCUT2D eigenvalue weighted by Crippen LogP contribution is 2.18. The quantitative estimate of drug-likeness (QED) is 0.821. The monoisotopic (exact) mass is 271 g/mol. The van der Waals surface area contributed by atoms with Crippen molar-refractivity contribution in [3.05, 3.63) is 59.4 Å². The molecule has 1 heterocycles. The van der Waals surface area contributed by atoms with E-state index in [1.165, 1.54) is 0 Å². The smallest absolute Gasteiger partial charge is 0.118 e. The number of hydrogen-bond acceptors (Lipinski definition) is 4. The standard InChI is InChI=1S/C16H21N3O/c1-11-4-9-15(18-10-11)12(2)19-16(17)13-5-7-14(20-3)8-6-13/h4-10,12,16,19H,17H2,1-3H3/t12-,16+/m0/s1. The summed E-state index contributed by atoms with van der Waals surface area (Å²) >= 11 is 0. The van der Waals surface area contributed by atoms with Crippen LogP contribution in [0.2, 0.25) is 0 Å². The minimum absolute atomic E-state index is 0.0905. The summed E-state index contributed by atoms with van der Waals surface area (Å²) < 4.78 is 5.14. The van der Waals surface area contributed by atoms with Gasteiger partial charge in [-0.15, -0.1) is 0 Å². The Morgan fingerprint density at radius 1 is 1.15 bits per heavy atom. The summed E-state index contributed by atoms with van der Waals surface area (Å²) in [5.74, 6) is 0.828. The molecule has 4 heteroatoms. The van der Waals surface area contributed by atoms with Gasteiger partial charge in [0.15, 0.2) is 0 Å². The predicted molar refractivity (Wildman–Crippen MR) is 80.4 cm³/mol. The first-order valence-electron chi connectivity index (χ1n) is 6.68. The third-order valence-corrected chi connectivity index (χ3v) is 3.28. The van der Waals surface area contributed by atoms with Gasteiger partial charge in [0.25, 0.3) is 0 Å². The highest BCUT2D eigenvalue weighted by molar-refractivity contribution is 5.29. The number of hydrogen-bond donors (Lipinski definition) is 2. The molecule has 2 atom stereocenters. The Labute approximate surface area is 120 Å². The number of aryl methyl sites for hydroxylation is 1. The molecular weight excluding hydrogens is 250 g/mol. The maximum atomic E-state index is 6.17. The molecule has 0 aliphatic heterocycles. The van der Waals surface area contributed by atoms with Gasteiger partial charge < -0.3 is 10.5 Å². The molecule has 0 bridgehead atoms. The minimum atomic E-state index is -0.237. The lowest BCUT2D eigenvalue weighted by Gasteiger charge is -2.20. The molecule has 3 N–H and O–H groups in total. The lowest BCUT2D eigenvalue weighted by molar-refractivity contribution is 0.414. The van der Waals surface area contributed by atoms with Crippen LogP contribution in [0.5, 0.6) is 5.75 Å². The van der Waals surface area contributed by atoms with Gasteiger partial charge in [0.2, 0.25) is 0 Å². The molecular formula is C16H21N3O. The zero-order valence-corrected chi connectivity index (χ0v) is 12.1. The summed E-state index contributed by atoms with van der Waals surface area (Å²) in [7, 11) is 1.65. The maximum absolute atomic E-state index is 6.17. The number of benzene rings is 1. The van der Waals surface area contributed by atoms with Crippen LogP contribution < -0.4 is 15.8 Å². The lowest BCUT2D eigenvalue weighted by atomic mass is 10.1. The molecule has 20 heavy (non-hydrogen) atoms. The molecule has 0 saturated carbocycles. The van der Waals surface area contributed by atoms with Crippen molar-refractivity contribution in [2.45, 2.75) is 26.1 Å². The maximum Gasteiger partial charge on any atom is 0.118 e. The van der Waals surface area contributed by atoms with Crippen molar-refractivity contribution in [3.8, 4) is 5.75 Å². The average molecular weight is 271 g/mol. The summed E-state index contributed by atoms with van der Waals surface area (Å²) in [4.78, 5) is 4.41. The summed E-state index contributed by atoms with van der Waals surface area (Å²) in [6.45, 7) is 4.08. The molecule has 0 amide bonds. The van der Waals surface area contributed by atoms with E-state index in [1.54, 1.807) is 7.11 Å². The number of nitrogens with one attached hydrogen (secondary N) is 1. The molecule has 0 aliphatic carbocycles. The van der Waals surface area contributed by atoms with E-state index in [1.807, 2.05) is 43.5 Å². The van der Waals surface area contributed by atoms with Crippen molar-refractivity contribution in [1.82, 2.24) is 10.3 Å². The molecule has 0 unspecified atom stereocenters. The van der Waals surface area contributed by atoms with Crippen LogP contribution in [-0.4, -0.2) is 12.1 Å². The van der Waals surface area contributed by atoms with E-state index in [9.17, 15) is 0 Å². The fourth-order valence-corrected chi connectivity index (χ4v) is 2.00. The van der Waals surface area contributed by atoms with Gasteiger partial charge in [0.1, 0.15) is 5.75 Å². The van der Waals surface area contributed by atoms with Gasteiger partial charge >= 0.3 is 0 Å². The third-order valence-electron chi connectivity index (χ3n) is 3.28. The minimum Gasteiger partial charge on any atom is -0.497 e. The number of rotatable bonds is 5. The predicted octanol–water partition coefficient (Wildman–Crippen LogP) is 2.71. The van der Waals surface area contributed by atoms with Gasteiger partial charge in [-0.3, -0.25) is 10.3 Å². The van der Waals surface area contributed by atoms with Crippen LogP contribution in [0.3, 0.4) is 0 Å². The number of methoxy groups -OCH3 is 1. The van der Waals surface area contributed by atoms with Crippen molar-refractivity contribution in [2.75, 3.05) is 7.11 Å². The summed E-state index contributed by atoms with van der Waals surface area (Å²) in [5, 5.41) is 3.34. The van der Waals surface area contributed by atoms with Crippen molar-refractivity contribution in [2.24, 2.45) is 5.73 Å². The summed E-state index contributed by atoms with van der Waals surface area (Å²) in [5.41, 5.74) is 9.33. The van der Waals surface area contributed by atoms with Gasteiger partial charge in [-0.25, -0.2) is 0 Å². The molecule has 1 aromatic heterocycles.